The van der Waals surface area contributed by atoms with Gasteiger partial charge in [0.2, 0.25) is 0 Å². The largest absolute Gasteiger partial charge is 0.493 e. The molecule has 0 fully saturated rings. The van der Waals surface area contributed by atoms with E-state index in [0.717, 1.165) is 16.5 Å². The number of aliphatic hydroxyl groups excluding tert-OH is 2. The van der Waals surface area contributed by atoms with Gasteiger partial charge >= 0.3 is 0 Å². The second-order valence-corrected chi connectivity index (χ2v) is 4.40. The maximum Gasteiger partial charge on any atom is 0.162 e. The Balaban J connectivity index is 2.71. The molecule has 0 bridgehead atoms. The summed E-state index contributed by atoms with van der Waals surface area (Å²) in [4.78, 5) is 0. The fourth-order valence-corrected chi connectivity index (χ4v) is 2.27. The third kappa shape index (κ3) is 2.39. The van der Waals surface area contributed by atoms with Crippen LogP contribution in [0.4, 0.5) is 0 Å². The van der Waals surface area contributed by atoms with Gasteiger partial charge in [0.05, 0.1) is 32.4 Å². The van der Waals surface area contributed by atoms with Crippen molar-refractivity contribution in [1.82, 2.24) is 4.57 Å². The molecule has 19 heavy (non-hydrogen) atoms. The molecule has 2 rings (SSSR count). The Morgan fingerprint density at radius 2 is 1.84 bits per heavy atom. The Kier molecular flexibility index (Phi) is 3.97. The van der Waals surface area contributed by atoms with Crippen LogP contribution >= 0.6 is 0 Å². The number of fused-ring (bicyclic) bond motifs is 1. The molecule has 0 amide bonds. The minimum absolute atomic E-state index is 0.0391. The predicted molar refractivity (Wildman–Crippen MR) is 72.8 cm³/mol. The number of benzene rings is 1. The van der Waals surface area contributed by atoms with Crippen molar-refractivity contribution < 1.29 is 19.7 Å². The van der Waals surface area contributed by atoms with E-state index in [9.17, 15) is 5.11 Å². The number of hydrogen-bond acceptors (Lipinski definition) is 4. The summed E-state index contributed by atoms with van der Waals surface area (Å²) >= 11 is 0. The summed E-state index contributed by atoms with van der Waals surface area (Å²) in [5, 5.41) is 19.9. The molecule has 0 aliphatic heterocycles. The van der Waals surface area contributed by atoms with Crippen LogP contribution in [0.2, 0.25) is 0 Å². The smallest absolute Gasteiger partial charge is 0.162 e. The molecule has 1 heterocycles. The zero-order valence-electron chi connectivity index (χ0n) is 11.4. The van der Waals surface area contributed by atoms with Crippen molar-refractivity contribution in [1.29, 1.82) is 0 Å². The number of hydrogen-bond donors (Lipinski definition) is 2. The fourth-order valence-electron chi connectivity index (χ4n) is 2.27. The number of aliphatic hydroxyl groups is 2. The van der Waals surface area contributed by atoms with Crippen molar-refractivity contribution >= 4 is 10.9 Å². The van der Waals surface area contributed by atoms with E-state index in [0.29, 0.717) is 18.0 Å². The van der Waals surface area contributed by atoms with Crippen molar-refractivity contribution in [3.05, 3.63) is 23.9 Å². The van der Waals surface area contributed by atoms with Crippen molar-refractivity contribution in [3.8, 4) is 11.5 Å². The molecular formula is C14H19NO4. The van der Waals surface area contributed by atoms with E-state index in [1.807, 2.05) is 22.9 Å². The highest BCUT2D eigenvalue weighted by Gasteiger charge is 2.16. The van der Waals surface area contributed by atoms with E-state index in [1.54, 1.807) is 21.1 Å². The lowest BCUT2D eigenvalue weighted by atomic mass is 10.1. The summed E-state index contributed by atoms with van der Waals surface area (Å²) in [7, 11) is 3.16. The highest BCUT2D eigenvalue weighted by atomic mass is 16.5. The molecule has 0 spiro atoms. The molecule has 2 aromatic rings. The molecule has 0 saturated heterocycles. The summed E-state index contributed by atoms with van der Waals surface area (Å²) in [6.07, 6.45) is 1.27. The average molecular weight is 265 g/mol. The standard InChI is InChI=1S/C14H19NO4/c1-9(17)11-8-15(4-5-16)12-7-14(19-3)13(18-2)6-10(11)12/h6-9,16-17H,4-5H2,1-3H3. The zero-order chi connectivity index (χ0) is 14.0. The van der Waals surface area contributed by atoms with Gasteiger partial charge in [-0.15, -0.1) is 0 Å². The van der Waals surface area contributed by atoms with E-state index in [4.69, 9.17) is 14.6 Å². The van der Waals surface area contributed by atoms with Gasteiger partial charge in [0.1, 0.15) is 0 Å². The minimum Gasteiger partial charge on any atom is -0.493 e. The molecule has 2 N–H and O–H groups in total. The zero-order valence-corrected chi connectivity index (χ0v) is 11.4. The van der Waals surface area contributed by atoms with Crippen LogP contribution in [-0.2, 0) is 6.54 Å². The van der Waals surface area contributed by atoms with E-state index in [2.05, 4.69) is 0 Å². The topological polar surface area (TPSA) is 63.9 Å². The van der Waals surface area contributed by atoms with E-state index in [1.165, 1.54) is 0 Å². The number of aromatic nitrogens is 1. The second kappa shape index (κ2) is 5.50. The van der Waals surface area contributed by atoms with Gasteiger partial charge in [-0.25, -0.2) is 0 Å². The third-order valence-electron chi connectivity index (χ3n) is 3.21. The molecule has 5 nitrogen and oxygen atoms in total. The van der Waals surface area contributed by atoms with Crippen molar-refractivity contribution in [2.75, 3.05) is 20.8 Å². The number of ether oxygens (including phenoxy) is 2. The molecule has 104 valence electrons. The average Bonchev–Trinajstić information content (AvgIpc) is 2.76. The lowest BCUT2D eigenvalue weighted by Crippen LogP contribution is -2.00. The monoisotopic (exact) mass is 265 g/mol. The first-order chi connectivity index (χ1) is 9.12. The number of rotatable bonds is 5. The van der Waals surface area contributed by atoms with Crippen LogP contribution in [0.3, 0.4) is 0 Å². The van der Waals surface area contributed by atoms with Gasteiger partial charge in [0, 0.05) is 29.8 Å². The Labute approximate surface area is 112 Å². The minimum atomic E-state index is -0.583. The van der Waals surface area contributed by atoms with Crippen LogP contribution in [0.25, 0.3) is 10.9 Å². The summed E-state index contributed by atoms with van der Waals surface area (Å²) < 4.78 is 12.5. The molecule has 0 saturated carbocycles. The molecule has 1 unspecified atom stereocenters. The molecule has 0 aliphatic rings. The maximum absolute atomic E-state index is 9.85. The summed E-state index contributed by atoms with van der Waals surface area (Å²) in [6, 6.07) is 3.71. The SMILES string of the molecule is COc1cc2c(C(C)O)cn(CCO)c2cc1OC. The van der Waals surface area contributed by atoms with Gasteiger partial charge in [-0.1, -0.05) is 0 Å². The number of nitrogens with zero attached hydrogens (tertiary/aromatic N) is 1. The highest BCUT2D eigenvalue weighted by Crippen LogP contribution is 2.36. The van der Waals surface area contributed by atoms with E-state index >= 15 is 0 Å². The van der Waals surface area contributed by atoms with Gasteiger partial charge in [0.15, 0.2) is 11.5 Å². The van der Waals surface area contributed by atoms with Gasteiger partial charge in [-0.3, -0.25) is 0 Å². The maximum atomic E-state index is 9.85. The van der Waals surface area contributed by atoms with Crippen LogP contribution in [0, 0.1) is 0 Å². The predicted octanol–water partition coefficient (Wildman–Crippen LogP) is 1.70. The molecule has 1 aromatic carbocycles. The highest BCUT2D eigenvalue weighted by molar-refractivity contribution is 5.87. The van der Waals surface area contributed by atoms with E-state index in [-0.39, 0.29) is 6.61 Å². The van der Waals surface area contributed by atoms with Crippen LogP contribution in [0.15, 0.2) is 18.3 Å². The summed E-state index contributed by atoms with van der Waals surface area (Å²) in [5.41, 5.74) is 1.71. The molecule has 1 aromatic heterocycles. The Morgan fingerprint density at radius 1 is 1.21 bits per heavy atom. The van der Waals surface area contributed by atoms with Crippen LogP contribution in [0.5, 0.6) is 11.5 Å². The molecule has 5 heteroatoms. The normalized spacial score (nSPS) is 12.7. The van der Waals surface area contributed by atoms with Crippen LogP contribution in [0.1, 0.15) is 18.6 Å². The molecule has 0 aliphatic carbocycles. The Morgan fingerprint density at radius 3 is 2.37 bits per heavy atom. The van der Waals surface area contributed by atoms with Crippen molar-refractivity contribution in [2.24, 2.45) is 0 Å². The molecular weight excluding hydrogens is 246 g/mol. The third-order valence-corrected chi connectivity index (χ3v) is 3.21. The number of methoxy groups -OCH3 is 2. The van der Waals surface area contributed by atoms with Gasteiger partial charge < -0.3 is 24.3 Å². The first-order valence-corrected chi connectivity index (χ1v) is 6.16. The van der Waals surface area contributed by atoms with Crippen molar-refractivity contribution in [3.63, 3.8) is 0 Å². The summed E-state index contributed by atoms with van der Waals surface area (Å²) in [5.74, 6) is 1.25. The van der Waals surface area contributed by atoms with Gasteiger partial charge in [0.25, 0.3) is 0 Å². The first kappa shape index (κ1) is 13.7. The Hall–Kier alpha value is -1.72. The summed E-state index contributed by atoms with van der Waals surface area (Å²) in [6.45, 7) is 2.23. The molecule has 0 radical (unpaired) electrons. The van der Waals surface area contributed by atoms with Crippen molar-refractivity contribution in [2.45, 2.75) is 19.6 Å². The van der Waals surface area contributed by atoms with Crippen LogP contribution in [-0.4, -0.2) is 35.6 Å². The first-order valence-electron chi connectivity index (χ1n) is 6.16. The van der Waals surface area contributed by atoms with Gasteiger partial charge in [-0.05, 0) is 13.0 Å². The lowest BCUT2D eigenvalue weighted by Gasteiger charge is -2.10. The van der Waals surface area contributed by atoms with E-state index < -0.39 is 6.10 Å². The lowest BCUT2D eigenvalue weighted by molar-refractivity contribution is 0.200. The Bertz CT molecular complexity index is 574. The quantitative estimate of drug-likeness (QED) is 0.863. The van der Waals surface area contributed by atoms with Crippen LogP contribution < -0.4 is 9.47 Å². The molecule has 1 atom stereocenters. The fraction of sp³-hybridized carbons (Fsp3) is 0.429. The van der Waals surface area contributed by atoms with Gasteiger partial charge in [-0.2, -0.15) is 0 Å². The second-order valence-electron chi connectivity index (χ2n) is 4.40.